The Kier molecular flexibility index (Phi) is 4.36. The lowest BCUT2D eigenvalue weighted by atomic mass is 10.0. The van der Waals surface area contributed by atoms with Crippen LogP contribution in [0.25, 0.3) is 0 Å². The Balaban J connectivity index is 1.74. The summed E-state index contributed by atoms with van der Waals surface area (Å²) in [4.78, 5) is 25.1. The molecule has 1 aliphatic carbocycles. The minimum absolute atomic E-state index is 0.326. The van der Waals surface area contributed by atoms with Crippen molar-refractivity contribution in [3.05, 3.63) is 58.6 Å². The summed E-state index contributed by atoms with van der Waals surface area (Å²) >= 11 is 3.35. The highest BCUT2D eigenvalue weighted by molar-refractivity contribution is 9.10. The molecule has 24 heavy (non-hydrogen) atoms. The number of para-hydroxylation sites is 1. The summed E-state index contributed by atoms with van der Waals surface area (Å²) in [6, 6.07) is 16.0. The fraction of sp³-hybridized carbons (Fsp3) is 0.167. The van der Waals surface area contributed by atoms with Gasteiger partial charge in [-0.3, -0.25) is 9.59 Å². The van der Waals surface area contributed by atoms with Gasteiger partial charge in [-0.25, -0.2) is 0 Å². The fourth-order valence-electron chi connectivity index (χ4n) is 2.43. The molecule has 0 aliphatic heterocycles. The minimum Gasteiger partial charge on any atom is -0.325 e. The first kappa shape index (κ1) is 16.2. The maximum atomic E-state index is 12.6. The van der Waals surface area contributed by atoms with Crippen LogP contribution in [0.15, 0.2) is 53.0 Å². The Labute approximate surface area is 147 Å². The quantitative estimate of drug-likeness (QED) is 0.789. The van der Waals surface area contributed by atoms with Gasteiger partial charge < -0.3 is 10.6 Å². The number of nitrogens with one attached hydrogen (secondary N) is 2. The Bertz CT molecular complexity index is 853. The first-order chi connectivity index (χ1) is 11.5. The van der Waals surface area contributed by atoms with Crippen molar-refractivity contribution < 1.29 is 9.59 Å². The van der Waals surface area contributed by atoms with Crippen LogP contribution in [-0.4, -0.2) is 11.8 Å². The number of nitriles is 1. The van der Waals surface area contributed by atoms with Gasteiger partial charge in [0, 0.05) is 10.2 Å². The zero-order valence-corrected chi connectivity index (χ0v) is 14.3. The van der Waals surface area contributed by atoms with Crippen LogP contribution in [0.4, 0.5) is 11.4 Å². The minimum atomic E-state index is -1.06. The van der Waals surface area contributed by atoms with E-state index in [0.29, 0.717) is 29.8 Å². The summed E-state index contributed by atoms with van der Waals surface area (Å²) in [7, 11) is 0. The van der Waals surface area contributed by atoms with Crippen molar-refractivity contribution in [2.24, 2.45) is 5.41 Å². The zero-order chi connectivity index (χ0) is 17.2. The molecule has 0 spiro atoms. The summed E-state index contributed by atoms with van der Waals surface area (Å²) in [5.41, 5.74) is 0.358. The smallest absolute Gasteiger partial charge is 0.240 e. The average Bonchev–Trinajstić information content (AvgIpc) is 3.37. The molecule has 1 aliphatic rings. The van der Waals surface area contributed by atoms with E-state index in [-0.39, 0.29) is 11.8 Å². The van der Waals surface area contributed by atoms with Crippen molar-refractivity contribution in [2.75, 3.05) is 10.6 Å². The Morgan fingerprint density at radius 2 is 1.75 bits per heavy atom. The van der Waals surface area contributed by atoms with Crippen LogP contribution < -0.4 is 10.6 Å². The van der Waals surface area contributed by atoms with Crippen molar-refractivity contribution in [2.45, 2.75) is 12.8 Å². The highest BCUT2D eigenvalue weighted by atomic mass is 79.9. The van der Waals surface area contributed by atoms with Crippen LogP contribution in [0.3, 0.4) is 0 Å². The number of rotatable bonds is 4. The molecule has 0 heterocycles. The number of nitrogens with zero attached hydrogens (tertiary/aromatic N) is 1. The molecular weight excluding hydrogens is 370 g/mol. The molecule has 2 aromatic rings. The lowest BCUT2D eigenvalue weighted by Crippen LogP contribution is -2.35. The van der Waals surface area contributed by atoms with Gasteiger partial charge in [0.05, 0.1) is 11.3 Å². The number of hydrogen-bond donors (Lipinski definition) is 2. The topological polar surface area (TPSA) is 82.0 Å². The second kappa shape index (κ2) is 6.46. The SMILES string of the molecule is N#Cc1ccccc1NC(=O)C1(C(=O)Nc2cccc(Br)c2)CC1. The number of anilines is 2. The normalized spacial score (nSPS) is 14.3. The number of carbonyl (C=O) groups excluding carboxylic acids is 2. The van der Waals surface area contributed by atoms with Crippen molar-refractivity contribution >= 4 is 39.1 Å². The third-order valence-corrected chi connectivity index (χ3v) is 4.49. The lowest BCUT2D eigenvalue weighted by molar-refractivity contribution is -0.131. The maximum Gasteiger partial charge on any atom is 0.240 e. The number of hydrogen-bond acceptors (Lipinski definition) is 3. The molecule has 3 rings (SSSR count). The Hall–Kier alpha value is -2.65. The van der Waals surface area contributed by atoms with E-state index in [0.717, 1.165) is 4.47 Å². The molecule has 0 bridgehead atoms. The van der Waals surface area contributed by atoms with Gasteiger partial charge in [-0.2, -0.15) is 5.26 Å². The number of halogens is 1. The average molecular weight is 384 g/mol. The van der Waals surface area contributed by atoms with E-state index in [1.165, 1.54) is 0 Å². The third-order valence-electron chi connectivity index (χ3n) is 4.00. The second-order valence-electron chi connectivity index (χ2n) is 5.66. The van der Waals surface area contributed by atoms with E-state index in [9.17, 15) is 9.59 Å². The molecule has 0 radical (unpaired) electrons. The van der Waals surface area contributed by atoms with Gasteiger partial charge in [-0.15, -0.1) is 0 Å². The van der Waals surface area contributed by atoms with Gasteiger partial charge in [0.2, 0.25) is 11.8 Å². The van der Waals surface area contributed by atoms with E-state index in [4.69, 9.17) is 5.26 Å². The van der Waals surface area contributed by atoms with Gasteiger partial charge in [-0.05, 0) is 43.2 Å². The molecule has 2 aromatic carbocycles. The molecule has 2 N–H and O–H groups in total. The van der Waals surface area contributed by atoms with E-state index in [1.54, 1.807) is 36.4 Å². The van der Waals surface area contributed by atoms with Crippen LogP contribution >= 0.6 is 15.9 Å². The maximum absolute atomic E-state index is 12.6. The first-order valence-electron chi connectivity index (χ1n) is 7.43. The molecule has 0 saturated heterocycles. The number of benzene rings is 2. The van der Waals surface area contributed by atoms with E-state index in [2.05, 4.69) is 26.6 Å². The summed E-state index contributed by atoms with van der Waals surface area (Å²) in [5.74, 6) is -0.703. The lowest BCUT2D eigenvalue weighted by Gasteiger charge is -2.16. The molecule has 5 nitrogen and oxygen atoms in total. The predicted molar refractivity (Wildman–Crippen MR) is 94.2 cm³/mol. The number of amides is 2. The third kappa shape index (κ3) is 3.17. The van der Waals surface area contributed by atoms with E-state index in [1.807, 2.05) is 18.2 Å². The Morgan fingerprint density at radius 1 is 1.04 bits per heavy atom. The molecule has 1 fully saturated rings. The van der Waals surface area contributed by atoms with Crippen molar-refractivity contribution in [1.82, 2.24) is 0 Å². The van der Waals surface area contributed by atoms with Crippen LogP contribution in [0, 0.1) is 16.7 Å². The van der Waals surface area contributed by atoms with Gasteiger partial charge in [-0.1, -0.05) is 34.1 Å². The predicted octanol–water partition coefficient (Wildman–Crippen LogP) is 3.68. The van der Waals surface area contributed by atoms with Gasteiger partial charge in [0.25, 0.3) is 0 Å². The molecule has 120 valence electrons. The molecule has 2 amide bonds. The summed E-state index contributed by atoms with van der Waals surface area (Å²) < 4.78 is 0.845. The molecule has 1 saturated carbocycles. The second-order valence-corrected chi connectivity index (χ2v) is 6.57. The van der Waals surface area contributed by atoms with Crippen LogP contribution in [-0.2, 0) is 9.59 Å². The monoisotopic (exact) mass is 383 g/mol. The van der Waals surface area contributed by atoms with Gasteiger partial charge in [0.1, 0.15) is 11.5 Å². The van der Waals surface area contributed by atoms with Crippen molar-refractivity contribution in [1.29, 1.82) is 5.26 Å². The van der Waals surface area contributed by atoms with Gasteiger partial charge in [0.15, 0.2) is 0 Å². The van der Waals surface area contributed by atoms with Crippen LogP contribution in [0.1, 0.15) is 18.4 Å². The fourth-order valence-corrected chi connectivity index (χ4v) is 2.83. The van der Waals surface area contributed by atoms with Crippen molar-refractivity contribution in [3.63, 3.8) is 0 Å². The highest BCUT2D eigenvalue weighted by Crippen LogP contribution is 2.47. The Morgan fingerprint density at radius 3 is 2.42 bits per heavy atom. The molecular formula is C18H14BrN3O2. The van der Waals surface area contributed by atoms with Crippen LogP contribution in [0.5, 0.6) is 0 Å². The summed E-state index contributed by atoms with van der Waals surface area (Å²) in [6.07, 6.45) is 0.987. The van der Waals surface area contributed by atoms with Crippen LogP contribution in [0.2, 0.25) is 0 Å². The molecule has 0 unspecified atom stereocenters. The van der Waals surface area contributed by atoms with Crippen molar-refractivity contribution in [3.8, 4) is 6.07 Å². The molecule has 0 aromatic heterocycles. The number of carbonyl (C=O) groups is 2. The van der Waals surface area contributed by atoms with E-state index >= 15 is 0 Å². The summed E-state index contributed by atoms with van der Waals surface area (Å²) in [5, 5.41) is 14.6. The van der Waals surface area contributed by atoms with Gasteiger partial charge >= 0.3 is 0 Å². The zero-order valence-electron chi connectivity index (χ0n) is 12.7. The molecule has 6 heteroatoms. The summed E-state index contributed by atoms with van der Waals surface area (Å²) in [6.45, 7) is 0. The molecule has 0 atom stereocenters. The standard InChI is InChI=1S/C18H14BrN3O2/c19-13-5-3-6-14(10-13)21-16(23)18(8-9-18)17(24)22-15-7-2-1-4-12(15)11-20/h1-7,10H,8-9H2,(H,21,23)(H,22,24). The highest BCUT2D eigenvalue weighted by Gasteiger charge is 2.56. The first-order valence-corrected chi connectivity index (χ1v) is 8.22. The van der Waals surface area contributed by atoms with E-state index < -0.39 is 5.41 Å². The largest absolute Gasteiger partial charge is 0.325 e.